The summed E-state index contributed by atoms with van der Waals surface area (Å²) in [5.74, 6) is -6.89. The minimum Gasteiger partial charge on any atom is -0.480 e. The monoisotopic (exact) mass is 863 g/mol. The Labute approximate surface area is 363 Å². The van der Waals surface area contributed by atoms with E-state index in [0.29, 0.717) is 43.5 Å². The first-order chi connectivity index (χ1) is 29.5. The molecule has 12 N–H and O–H groups in total. The third kappa shape index (κ3) is 17.2. The van der Waals surface area contributed by atoms with Gasteiger partial charge in [0.25, 0.3) is 0 Å². The van der Waals surface area contributed by atoms with E-state index in [4.69, 9.17) is 11.5 Å². The predicted molar refractivity (Wildman–Crippen MR) is 232 cm³/mol. The smallest absolute Gasteiger partial charge is 0.326 e. The van der Waals surface area contributed by atoms with E-state index in [1.807, 2.05) is 13.8 Å². The zero-order valence-corrected chi connectivity index (χ0v) is 36.1. The van der Waals surface area contributed by atoms with Crippen LogP contribution in [0.4, 0.5) is 0 Å². The molecule has 1 saturated heterocycles. The van der Waals surface area contributed by atoms with Crippen LogP contribution in [-0.4, -0.2) is 108 Å². The maximum absolute atomic E-state index is 14.3. The van der Waals surface area contributed by atoms with Crippen LogP contribution in [-0.2, 0) is 51.2 Å². The Kier molecular flexibility index (Phi) is 21.0. The zero-order chi connectivity index (χ0) is 45.8. The Morgan fingerprint density at radius 2 is 1.15 bits per heavy atom. The van der Waals surface area contributed by atoms with Gasteiger partial charge in [-0.15, -0.1) is 0 Å². The fourth-order valence-corrected chi connectivity index (χ4v) is 7.03. The lowest BCUT2D eigenvalue weighted by molar-refractivity contribution is -0.142. The molecule has 7 amide bonds. The van der Waals surface area contributed by atoms with E-state index in [1.54, 1.807) is 74.5 Å². The molecule has 0 bridgehead atoms. The van der Waals surface area contributed by atoms with Crippen LogP contribution in [0.25, 0.3) is 0 Å². The third-order valence-electron chi connectivity index (χ3n) is 10.4. The summed E-state index contributed by atoms with van der Waals surface area (Å²) in [4.78, 5) is 107. The Morgan fingerprint density at radius 1 is 0.661 bits per heavy atom. The summed E-state index contributed by atoms with van der Waals surface area (Å²) in [6, 6.07) is 9.39. The first kappa shape index (κ1) is 50.5. The molecule has 0 radical (unpaired) electrons. The van der Waals surface area contributed by atoms with Crippen molar-refractivity contribution in [1.82, 2.24) is 37.2 Å². The van der Waals surface area contributed by atoms with Crippen molar-refractivity contribution in [2.24, 2.45) is 23.3 Å². The normalized spacial score (nSPS) is 16.5. The molecular formula is C44H65N9O9. The van der Waals surface area contributed by atoms with Crippen LogP contribution < -0.4 is 48.7 Å². The highest BCUT2D eigenvalue weighted by Crippen LogP contribution is 2.12. The van der Waals surface area contributed by atoms with Gasteiger partial charge in [-0.3, -0.25) is 33.6 Å². The molecule has 1 heterocycles. The lowest BCUT2D eigenvalue weighted by atomic mass is 10.0. The number of aliphatic carboxylic acids is 1. The number of nitrogens with two attached hydrogens (primary N) is 2. The standard InChI is InChI=1S/C44H65N9O9/c1-26(2)22-35(44(61)62)52-41(58)33(24-29-16-9-6-10-17-29)49-39(56)31(18-11-12-20-45)48-40(57)32(23-28-14-7-5-8-15-28)50-42(59)34(25-36(46)54)51-43(60)37(27(3)4)53-38(55)30-19-13-21-47-30/h5-10,14-17,26-27,30-35,37,47H,11-13,18-25,45H2,1-4H3,(H2,46,54)(H,48,57)(H,49,56)(H,50,59)(H,51,60)(H,52,58)(H,53,55)(H,61,62)/t30-,31-,32-,33-,34-,35-,37-/m0/s1. The van der Waals surface area contributed by atoms with Crippen LogP contribution in [0.5, 0.6) is 0 Å². The second-order valence-corrected chi connectivity index (χ2v) is 16.5. The van der Waals surface area contributed by atoms with Gasteiger partial charge in [0.2, 0.25) is 41.4 Å². The minimum atomic E-state index is -1.54. The van der Waals surface area contributed by atoms with Gasteiger partial charge in [0.05, 0.1) is 12.5 Å². The number of hydrogen-bond acceptors (Lipinski definition) is 10. The van der Waals surface area contributed by atoms with Crippen LogP contribution in [0.1, 0.15) is 83.8 Å². The number of carbonyl (C=O) groups excluding carboxylic acids is 7. The molecule has 0 aliphatic carbocycles. The molecule has 18 nitrogen and oxygen atoms in total. The van der Waals surface area contributed by atoms with Gasteiger partial charge in [-0.05, 0) is 74.6 Å². The zero-order valence-electron chi connectivity index (χ0n) is 36.1. The number of rotatable bonds is 26. The summed E-state index contributed by atoms with van der Waals surface area (Å²) in [6.07, 6.45) is 1.83. The van der Waals surface area contributed by atoms with E-state index in [1.165, 1.54) is 0 Å². The van der Waals surface area contributed by atoms with Gasteiger partial charge in [-0.1, -0.05) is 88.4 Å². The molecule has 1 aliphatic rings. The molecule has 0 spiro atoms. The van der Waals surface area contributed by atoms with Crippen LogP contribution >= 0.6 is 0 Å². The Morgan fingerprint density at radius 3 is 1.60 bits per heavy atom. The number of carbonyl (C=O) groups is 8. The topological polar surface area (TPSA) is 293 Å². The van der Waals surface area contributed by atoms with Gasteiger partial charge in [0, 0.05) is 12.8 Å². The van der Waals surface area contributed by atoms with Crippen LogP contribution in [0.15, 0.2) is 60.7 Å². The van der Waals surface area contributed by atoms with E-state index >= 15 is 0 Å². The number of primary amides is 1. The van der Waals surface area contributed by atoms with Crippen LogP contribution in [0.2, 0.25) is 0 Å². The van der Waals surface area contributed by atoms with Crippen molar-refractivity contribution in [1.29, 1.82) is 0 Å². The molecule has 0 saturated carbocycles. The number of carboxylic acids is 1. The summed E-state index contributed by atoms with van der Waals surface area (Å²) >= 11 is 0. The van der Waals surface area contributed by atoms with Crippen molar-refractivity contribution in [3.8, 4) is 0 Å². The summed E-state index contributed by atoms with van der Waals surface area (Å²) < 4.78 is 0. The van der Waals surface area contributed by atoms with Crippen molar-refractivity contribution < 1.29 is 43.5 Å². The largest absolute Gasteiger partial charge is 0.480 e. The second-order valence-electron chi connectivity index (χ2n) is 16.5. The molecule has 1 fully saturated rings. The van der Waals surface area contributed by atoms with E-state index in [2.05, 4.69) is 37.2 Å². The van der Waals surface area contributed by atoms with E-state index < -0.39 is 96.0 Å². The molecular weight excluding hydrogens is 799 g/mol. The van der Waals surface area contributed by atoms with Crippen molar-refractivity contribution in [3.05, 3.63) is 71.8 Å². The van der Waals surface area contributed by atoms with Gasteiger partial charge in [-0.2, -0.15) is 0 Å². The second kappa shape index (κ2) is 25.8. The van der Waals surface area contributed by atoms with Crippen molar-refractivity contribution in [2.45, 2.75) is 128 Å². The minimum absolute atomic E-state index is 0.00831. The summed E-state index contributed by atoms with van der Waals surface area (Å²) in [5.41, 5.74) is 12.6. The number of nitrogens with one attached hydrogen (secondary N) is 7. The maximum Gasteiger partial charge on any atom is 0.326 e. The number of carboxylic acid groups (broad SMARTS) is 1. The highest BCUT2D eigenvalue weighted by molar-refractivity contribution is 5.98. The Balaban J connectivity index is 1.90. The summed E-state index contributed by atoms with van der Waals surface area (Å²) in [7, 11) is 0. The highest BCUT2D eigenvalue weighted by atomic mass is 16.4. The molecule has 340 valence electrons. The van der Waals surface area contributed by atoms with Gasteiger partial charge in [0.15, 0.2) is 0 Å². The fraction of sp³-hybridized carbons (Fsp3) is 0.545. The molecule has 7 atom stereocenters. The Bertz CT molecular complexity index is 1810. The molecule has 62 heavy (non-hydrogen) atoms. The highest BCUT2D eigenvalue weighted by Gasteiger charge is 2.35. The molecule has 0 unspecified atom stereocenters. The molecule has 2 aromatic carbocycles. The number of hydrogen-bond donors (Lipinski definition) is 10. The van der Waals surface area contributed by atoms with Gasteiger partial charge >= 0.3 is 5.97 Å². The third-order valence-corrected chi connectivity index (χ3v) is 10.4. The van der Waals surface area contributed by atoms with Gasteiger partial charge in [-0.25, -0.2) is 4.79 Å². The van der Waals surface area contributed by atoms with Crippen LogP contribution in [0, 0.1) is 11.8 Å². The fourth-order valence-electron chi connectivity index (χ4n) is 7.03. The lowest BCUT2D eigenvalue weighted by Crippen LogP contribution is -2.61. The SMILES string of the molecule is CC(C)C[C@H](NC(=O)[C@H](Cc1ccccc1)NC(=O)[C@H](CCCCN)NC(=O)[C@H](Cc1ccccc1)NC(=O)[C@H](CC(N)=O)NC(=O)[C@@H](NC(=O)[C@@H]1CCCN1)C(C)C)C(=O)O. The lowest BCUT2D eigenvalue weighted by Gasteiger charge is -2.28. The van der Waals surface area contributed by atoms with E-state index in [9.17, 15) is 43.5 Å². The molecule has 18 heteroatoms. The summed E-state index contributed by atoms with van der Waals surface area (Å²) in [5, 5.41) is 28.8. The Hall–Kier alpha value is -5.88. The number of benzene rings is 2. The van der Waals surface area contributed by atoms with Crippen molar-refractivity contribution in [2.75, 3.05) is 13.1 Å². The molecule has 3 rings (SSSR count). The molecule has 2 aromatic rings. The average Bonchev–Trinajstić information content (AvgIpc) is 3.77. The maximum atomic E-state index is 14.3. The average molecular weight is 864 g/mol. The molecule has 1 aliphatic heterocycles. The quantitative estimate of drug-likeness (QED) is 0.0559. The van der Waals surface area contributed by atoms with E-state index in [0.717, 1.165) is 6.42 Å². The first-order valence-electron chi connectivity index (χ1n) is 21.3. The molecule has 0 aromatic heterocycles. The number of amides is 7. The van der Waals surface area contributed by atoms with Gasteiger partial charge in [0.1, 0.15) is 36.3 Å². The van der Waals surface area contributed by atoms with Crippen molar-refractivity contribution in [3.63, 3.8) is 0 Å². The first-order valence-corrected chi connectivity index (χ1v) is 21.3. The van der Waals surface area contributed by atoms with Gasteiger partial charge < -0.3 is 53.8 Å². The van der Waals surface area contributed by atoms with Crippen molar-refractivity contribution >= 4 is 47.3 Å². The number of unbranched alkanes of at least 4 members (excludes halogenated alkanes) is 1. The van der Waals surface area contributed by atoms with E-state index in [-0.39, 0.29) is 37.5 Å². The summed E-state index contributed by atoms with van der Waals surface area (Å²) in [6.45, 7) is 8.03. The predicted octanol–water partition coefficient (Wildman–Crippen LogP) is -0.0763. The van der Waals surface area contributed by atoms with Crippen LogP contribution in [0.3, 0.4) is 0 Å².